The van der Waals surface area contributed by atoms with E-state index in [0.29, 0.717) is 18.6 Å². The van der Waals surface area contributed by atoms with Crippen LogP contribution in [0.1, 0.15) is 31.7 Å². The second-order valence-electron chi connectivity index (χ2n) is 6.09. The van der Waals surface area contributed by atoms with Gasteiger partial charge in [0, 0.05) is 13.1 Å². The van der Waals surface area contributed by atoms with E-state index < -0.39 is 0 Å². The number of methoxy groups -OCH3 is 1. The summed E-state index contributed by atoms with van der Waals surface area (Å²) in [6.45, 7) is 5.45. The van der Waals surface area contributed by atoms with Crippen LogP contribution in [0.4, 0.5) is 0 Å². The normalized spacial score (nSPS) is 19.3. The van der Waals surface area contributed by atoms with Gasteiger partial charge >= 0.3 is 0 Å². The molecule has 110 valence electrons. The molecular formula is C16H23NO3. The Bertz CT molecular complexity index is 466. The van der Waals surface area contributed by atoms with Crippen molar-refractivity contribution in [2.24, 2.45) is 5.41 Å². The van der Waals surface area contributed by atoms with Crippen molar-refractivity contribution >= 4 is 0 Å². The molecule has 1 N–H and O–H groups in total. The summed E-state index contributed by atoms with van der Waals surface area (Å²) in [4.78, 5) is 0. The van der Waals surface area contributed by atoms with Crippen molar-refractivity contribution < 1.29 is 14.2 Å². The molecule has 0 unspecified atom stereocenters. The second kappa shape index (κ2) is 5.52. The van der Waals surface area contributed by atoms with E-state index >= 15 is 0 Å². The van der Waals surface area contributed by atoms with E-state index in [2.05, 4.69) is 12.2 Å². The van der Waals surface area contributed by atoms with Crippen LogP contribution >= 0.6 is 0 Å². The Kier molecular flexibility index (Phi) is 3.74. The van der Waals surface area contributed by atoms with Crippen LogP contribution in [0, 0.1) is 5.41 Å². The van der Waals surface area contributed by atoms with Gasteiger partial charge in [-0.3, -0.25) is 0 Å². The van der Waals surface area contributed by atoms with Gasteiger partial charge in [-0.25, -0.2) is 0 Å². The quantitative estimate of drug-likeness (QED) is 0.898. The number of benzene rings is 1. The molecule has 0 bridgehead atoms. The first kappa shape index (κ1) is 13.6. The Morgan fingerprint density at radius 2 is 2.05 bits per heavy atom. The van der Waals surface area contributed by atoms with Crippen LogP contribution in [0.25, 0.3) is 0 Å². The van der Waals surface area contributed by atoms with Gasteiger partial charge in [0.05, 0.1) is 7.11 Å². The van der Waals surface area contributed by atoms with Gasteiger partial charge in [0.2, 0.25) is 5.75 Å². The maximum atomic E-state index is 5.65. The molecule has 1 fully saturated rings. The third kappa shape index (κ3) is 2.70. The smallest absolute Gasteiger partial charge is 0.203 e. The number of nitrogens with one attached hydrogen (secondary N) is 1. The molecule has 0 radical (unpaired) electrons. The average molecular weight is 277 g/mol. The van der Waals surface area contributed by atoms with Gasteiger partial charge in [-0.1, -0.05) is 13.3 Å². The minimum Gasteiger partial charge on any atom is -0.493 e. The van der Waals surface area contributed by atoms with Crippen LogP contribution in [0.3, 0.4) is 0 Å². The van der Waals surface area contributed by atoms with E-state index in [0.717, 1.165) is 30.3 Å². The number of hydrogen-bond donors (Lipinski definition) is 1. The van der Waals surface area contributed by atoms with Gasteiger partial charge in [-0.15, -0.1) is 0 Å². The fraction of sp³-hybridized carbons (Fsp3) is 0.625. The van der Waals surface area contributed by atoms with Crippen LogP contribution in [0.2, 0.25) is 0 Å². The zero-order valence-electron chi connectivity index (χ0n) is 12.3. The summed E-state index contributed by atoms with van der Waals surface area (Å²) in [5.41, 5.74) is 1.67. The monoisotopic (exact) mass is 277 g/mol. The summed E-state index contributed by atoms with van der Waals surface area (Å²) in [6, 6.07) is 4.08. The minimum atomic E-state index is 0.498. The van der Waals surface area contributed by atoms with Crippen LogP contribution < -0.4 is 19.5 Å². The van der Waals surface area contributed by atoms with Gasteiger partial charge in [-0.2, -0.15) is 0 Å². The summed E-state index contributed by atoms with van der Waals surface area (Å²) in [7, 11) is 1.67. The van der Waals surface area contributed by atoms with E-state index in [9.17, 15) is 0 Å². The lowest BCUT2D eigenvalue weighted by Gasteiger charge is -2.38. The molecule has 1 aliphatic heterocycles. The lowest BCUT2D eigenvalue weighted by molar-refractivity contribution is 0.156. The molecule has 4 nitrogen and oxygen atoms in total. The molecule has 1 saturated carbocycles. The van der Waals surface area contributed by atoms with Gasteiger partial charge in [0.15, 0.2) is 11.5 Å². The number of fused-ring (bicyclic) bond motifs is 1. The first-order valence-electron chi connectivity index (χ1n) is 7.37. The molecule has 0 aromatic heterocycles. The molecule has 1 aromatic carbocycles. The van der Waals surface area contributed by atoms with Crippen molar-refractivity contribution in [3.8, 4) is 17.2 Å². The highest BCUT2D eigenvalue weighted by Crippen LogP contribution is 2.41. The molecule has 0 atom stereocenters. The van der Waals surface area contributed by atoms with E-state index in [-0.39, 0.29) is 0 Å². The zero-order valence-corrected chi connectivity index (χ0v) is 12.3. The first-order valence-corrected chi connectivity index (χ1v) is 7.37. The number of hydrogen-bond acceptors (Lipinski definition) is 4. The molecule has 0 saturated heterocycles. The lowest BCUT2D eigenvalue weighted by atomic mass is 9.70. The first-order chi connectivity index (χ1) is 9.70. The van der Waals surface area contributed by atoms with E-state index in [1.54, 1.807) is 7.11 Å². The number of rotatable bonds is 5. The molecule has 3 rings (SSSR count). The van der Waals surface area contributed by atoms with Crippen molar-refractivity contribution in [2.45, 2.75) is 32.7 Å². The summed E-state index contributed by atoms with van der Waals surface area (Å²) in [6.07, 6.45) is 4.05. The summed E-state index contributed by atoms with van der Waals surface area (Å²) in [5, 5.41) is 3.55. The van der Waals surface area contributed by atoms with Crippen LogP contribution in [0.15, 0.2) is 12.1 Å². The predicted molar refractivity (Wildman–Crippen MR) is 77.6 cm³/mol. The third-order valence-corrected chi connectivity index (χ3v) is 4.33. The van der Waals surface area contributed by atoms with Gasteiger partial charge < -0.3 is 19.5 Å². The highest BCUT2D eigenvalue weighted by molar-refractivity contribution is 5.54. The molecular weight excluding hydrogens is 254 g/mol. The molecule has 20 heavy (non-hydrogen) atoms. The fourth-order valence-electron chi connectivity index (χ4n) is 2.90. The molecule has 1 aliphatic carbocycles. The van der Waals surface area contributed by atoms with E-state index in [4.69, 9.17) is 14.2 Å². The average Bonchev–Trinajstić information content (AvgIpc) is 2.44. The molecule has 0 spiro atoms. The highest BCUT2D eigenvalue weighted by atomic mass is 16.6. The third-order valence-electron chi connectivity index (χ3n) is 4.33. The van der Waals surface area contributed by atoms with Crippen molar-refractivity contribution in [3.05, 3.63) is 17.7 Å². The zero-order chi connectivity index (χ0) is 14.0. The van der Waals surface area contributed by atoms with E-state index in [1.807, 2.05) is 12.1 Å². The maximum Gasteiger partial charge on any atom is 0.203 e. The Morgan fingerprint density at radius 1 is 1.25 bits per heavy atom. The molecule has 2 aliphatic rings. The Labute approximate surface area is 120 Å². The fourth-order valence-corrected chi connectivity index (χ4v) is 2.90. The van der Waals surface area contributed by atoms with Gasteiger partial charge in [0.25, 0.3) is 0 Å². The Hall–Kier alpha value is -1.42. The van der Waals surface area contributed by atoms with Crippen molar-refractivity contribution in [1.29, 1.82) is 0 Å². The lowest BCUT2D eigenvalue weighted by Crippen LogP contribution is -2.37. The van der Waals surface area contributed by atoms with Gasteiger partial charge in [0.1, 0.15) is 13.2 Å². The summed E-state index contributed by atoms with van der Waals surface area (Å²) >= 11 is 0. The largest absolute Gasteiger partial charge is 0.493 e. The second-order valence-corrected chi connectivity index (χ2v) is 6.09. The van der Waals surface area contributed by atoms with Gasteiger partial charge in [-0.05, 0) is 36.0 Å². The Balaban J connectivity index is 1.66. The minimum absolute atomic E-state index is 0.498. The van der Waals surface area contributed by atoms with Crippen molar-refractivity contribution in [3.63, 3.8) is 0 Å². The van der Waals surface area contributed by atoms with E-state index in [1.165, 1.54) is 24.8 Å². The standard InChI is InChI=1S/C16H23NO3/c1-16(4-3-5-16)11-17-10-12-8-13(18-2)15-14(9-12)19-6-7-20-15/h8-9,17H,3-7,10-11H2,1-2H3. The van der Waals surface area contributed by atoms with Crippen LogP contribution in [-0.2, 0) is 6.54 Å². The summed E-state index contributed by atoms with van der Waals surface area (Å²) < 4.78 is 16.7. The van der Waals surface area contributed by atoms with Crippen LogP contribution in [0.5, 0.6) is 17.2 Å². The van der Waals surface area contributed by atoms with Crippen molar-refractivity contribution in [1.82, 2.24) is 5.32 Å². The summed E-state index contributed by atoms with van der Waals surface area (Å²) in [5.74, 6) is 2.28. The maximum absolute atomic E-state index is 5.65. The molecule has 1 heterocycles. The molecule has 0 amide bonds. The predicted octanol–water partition coefficient (Wildman–Crippen LogP) is 2.75. The number of ether oxygens (including phenoxy) is 3. The molecule has 1 aromatic rings. The van der Waals surface area contributed by atoms with Crippen LogP contribution in [-0.4, -0.2) is 26.9 Å². The highest BCUT2D eigenvalue weighted by Gasteiger charge is 2.31. The SMILES string of the molecule is COc1cc(CNCC2(C)CCC2)cc2c1OCCO2. The Morgan fingerprint density at radius 3 is 2.75 bits per heavy atom. The topological polar surface area (TPSA) is 39.7 Å². The van der Waals surface area contributed by atoms with Crippen molar-refractivity contribution in [2.75, 3.05) is 26.9 Å². The molecule has 4 heteroatoms.